The van der Waals surface area contributed by atoms with Crippen LogP contribution in [0.15, 0.2) is 12.1 Å². The van der Waals surface area contributed by atoms with Crippen LogP contribution >= 0.6 is 11.6 Å². The molecule has 0 saturated heterocycles. The van der Waals surface area contributed by atoms with Crippen molar-refractivity contribution in [2.24, 2.45) is 0 Å². The van der Waals surface area contributed by atoms with E-state index in [2.05, 4.69) is 4.74 Å². The van der Waals surface area contributed by atoms with Crippen LogP contribution in [-0.4, -0.2) is 18.0 Å². The Bertz CT molecular complexity index is 507. The van der Waals surface area contributed by atoms with Gasteiger partial charge in [0.2, 0.25) is 0 Å². The summed E-state index contributed by atoms with van der Waals surface area (Å²) in [6, 6.07) is 3.98. The Morgan fingerprint density at radius 3 is 2.69 bits per heavy atom. The molecule has 0 aromatic heterocycles. The van der Waals surface area contributed by atoms with Crippen molar-refractivity contribution in [3.8, 4) is 6.07 Å². The van der Waals surface area contributed by atoms with Gasteiger partial charge in [0, 0.05) is 0 Å². The number of nitrogens with zero attached hydrogens (tertiary/aromatic N) is 2. The normalized spacial score (nSPS) is 9.31. The summed E-state index contributed by atoms with van der Waals surface area (Å²) in [5.41, 5.74) is -0.940. The lowest BCUT2D eigenvalue weighted by Gasteiger charge is -2.03. The first-order valence-corrected chi connectivity index (χ1v) is 4.36. The fraction of sp³-hybridized carbons (Fsp3) is 0.111. The predicted molar refractivity (Wildman–Crippen MR) is 54.2 cm³/mol. The van der Waals surface area contributed by atoms with Gasteiger partial charge in [-0.2, -0.15) is 5.26 Å². The van der Waals surface area contributed by atoms with E-state index in [9.17, 15) is 14.9 Å². The number of hydrogen-bond donors (Lipinski definition) is 0. The van der Waals surface area contributed by atoms with Crippen molar-refractivity contribution in [2.75, 3.05) is 7.11 Å². The second kappa shape index (κ2) is 4.59. The molecule has 1 aromatic carbocycles. The Morgan fingerprint density at radius 1 is 1.62 bits per heavy atom. The molecular formula is C9H5ClN2O4. The van der Waals surface area contributed by atoms with Gasteiger partial charge in [0.1, 0.15) is 16.7 Å². The van der Waals surface area contributed by atoms with Crippen LogP contribution in [0.2, 0.25) is 5.02 Å². The van der Waals surface area contributed by atoms with Crippen LogP contribution in [0.4, 0.5) is 5.69 Å². The number of esters is 1. The highest BCUT2D eigenvalue weighted by Gasteiger charge is 2.25. The summed E-state index contributed by atoms with van der Waals surface area (Å²) in [5.74, 6) is -0.794. The van der Waals surface area contributed by atoms with Gasteiger partial charge in [-0.25, -0.2) is 4.79 Å². The number of nitro groups is 1. The molecule has 0 spiro atoms. The molecule has 0 unspecified atom stereocenters. The monoisotopic (exact) mass is 240 g/mol. The number of nitriles is 1. The lowest BCUT2D eigenvalue weighted by atomic mass is 10.1. The van der Waals surface area contributed by atoms with Gasteiger partial charge in [0.15, 0.2) is 0 Å². The van der Waals surface area contributed by atoms with E-state index >= 15 is 0 Å². The molecule has 0 aliphatic rings. The number of hydrogen-bond acceptors (Lipinski definition) is 5. The van der Waals surface area contributed by atoms with E-state index < -0.39 is 21.6 Å². The minimum absolute atomic E-state index is 0.144. The maximum Gasteiger partial charge on any atom is 0.339 e. The molecule has 0 amide bonds. The number of carbonyl (C=O) groups is 1. The van der Waals surface area contributed by atoms with Crippen molar-refractivity contribution < 1.29 is 14.5 Å². The molecular weight excluding hydrogens is 236 g/mol. The number of nitro benzene ring substituents is 1. The van der Waals surface area contributed by atoms with Crippen molar-refractivity contribution in [1.82, 2.24) is 0 Å². The van der Waals surface area contributed by atoms with E-state index in [0.717, 1.165) is 13.2 Å². The smallest absolute Gasteiger partial charge is 0.339 e. The summed E-state index contributed by atoms with van der Waals surface area (Å²) in [7, 11) is 1.13. The van der Waals surface area contributed by atoms with Crippen LogP contribution < -0.4 is 0 Å². The fourth-order valence-corrected chi connectivity index (χ4v) is 1.41. The molecule has 6 nitrogen and oxygen atoms in total. The minimum atomic E-state index is -0.812. The first-order valence-electron chi connectivity index (χ1n) is 3.98. The quantitative estimate of drug-likeness (QED) is 0.447. The number of methoxy groups -OCH3 is 1. The van der Waals surface area contributed by atoms with E-state index in [4.69, 9.17) is 16.9 Å². The van der Waals surface area contributed by atoms with Gasteiger partial charge in [-0.1, -0.05) is 11.6 Å². The van der Waals surface area contributed by atoms with E-state index in [0.29, 0.717) is 0 Å². The summed E-state index contributed by atoms with van der Waals surface area (Å²) in [5, 5.41) is 18.9. The third-order valence-electron chi connectivity index (χ3n) is 1.82. The van der Waals surface area contributed by atoms with E-state index in [-0.39, 0.29) is 11.1 Å². The van der Waals surface area contributed by atoms with E-state index in [1.807, 2.05) is 0 Å². The second-order valence-electron chi connectivity index (χ2n) is 2.68. The van der Waals surface area contributed by atoms with E-state index in [1.165, 1.54) is 6.07 Å². The largest absolute Gasteiger partial charge is 0.465 e. The van der Waals surface area contributed by atoms with Gasteiger partial charge in [-0.05, 0) is 12.1 Å². The molecule has 82 valence electrons. The maximum absolute atomic E-state index is 11.2. The zero-order valence-corrected chi connectivity index (χ0v) is 8.82. The number of halogens is 1. The Hall–Kier alpha value is -2.13. The molecule has 0 aliphatic heterocycles. The highest BCUT2D eigenvalue weighted by molar-refractivity contribution is 6.35. The number of carbonyl (C=O) groups excluding carboxylic acids is 1. The Morgan fingerprint density at radius 2 is 2.25 bits per heavy atom. The molecule has 1 aromatic rings. The SMILES string of the molecule is COC(=O)c1ccc(C#N)c([N+](=O)[O-])c1Cl. The molecule has 1 rings (SSSR count). The highest BCUT2D eigenvalue weighted by atomic mass is 35.5. The average Bonchev–Trinajstić information content (AvgIpc) is 2.26. The zero-order valence-electron chi connectivity index (χ0n) is 8.06. The Kier molecular flexibility index (Phi) is 3.43. The first kappa shape index (κ1) is 11.9. The van der Waals surface area contributed by atoms with Gasteiger partial charge in [0.05, 0.1) is 17.6 Å². The molecule has 0 aliphatic carbocycles. The van der Waals surface area contributed by atoms with Crippen molar-refractivity contribution in [3.05, 3.63) is 38.4 Å². The molecule has 0 saturated carbocycles. The lowest BCUT2D eigenvalue weighted by molar-refractivity contribution is -0.385. The van der Waals surface area contributed by atoms with Gasteiger partial charge >= 0.3 is 11.7 Å². The van der Waals surface area contributed by atoms with Crippen molar-refractivity contribution >= 4 is 23.3 Å². The van der Waals surface area contributed by atoms with Crippen LogP contribution in [0.25, 0.3) is 0 Å². The highest BCUT2D eigenvalue weighted by Crippen LogP contribution is 2.31. The topological polar surface area (TPSA) is 93.2 Å². The van der Waals surface area contributed by atoms with Gasteiger partial charge in [0.25, 0.3) is 0 Å². The van der Waals surface area contributed by atoms with Crippen molar-refractivity contribution in [1.29, 1.82) is 5.26 Å². The zero-order chi connectivity index (χ0) is 12.3. The van der Waals surface area contributed by atoms with Gasteiger partial charge in [-0.3, -0.25) is 10.1 Å². The van der Waals surface area contributed by atoms with Crippen LogP contribution in [0.5, 0.6) is 0 Å². The summed E-state index contributed by atoms with van der Waals surface area (Å²) in [6.45, 7) is 0. The molecule has 0 N–H and O–H groups in total. The van der Waals surface area contributed by atoms with Crippen molar-refractivity contribution in [2.45, 2.75) is 0 Å². The summed E-state index contributed by atoms with van der Waals surface area (Å²) < 4.78 is 4.40. The van der Waals surface area contributed by atoms with Crippen LogP contribution in [0.1, 0.15) is 15.9 Å². The molecule has 16 heavy (non-hydrogen) atoms. The predicted octanol–water partition coefficient (Wildman–Crippen LogP) is 1.91. The fourth-order valence-electron chi connectivity index (χ4n) is 1.10. The third kappa shape index (κ3) is 1.94. The number of ether oxygens (including phenoxy) is 1. The Labute approximate surface area is 95.2 Å². The summed E-state index contributed by atoms with van der Waals surface area (Å²) in [6.07, 6.45) is 0. The van der Waals surface area contributed by atoms with Gasteiger partial charge in [-0.15, -0.1) is 0 Å². The van der Waals surface area contributed by atoms with Crippen LogP contribution in [0.3, 0.4) is 0 Å². The number of benzene rings is 1. The second-order valence-corrected chi connectivity index (χ2v) is 3.06. The molecule has 7 heteroatoms. The number of rotatable bonds is 2. The average molecular weight is 241 g/mol. The molecule has 0 heterocycles. The van der Waals surface area contributed by atoms with Gasteiger partial charge < -0.3 is 4.74 Å². The standard InChI is InChI=1S/C9H5ClN2O4/c1-16-9(13)6-3-2-5(4-11)8(7(6)10)12(14)15/h2-3H,1H3. The maximum atomic E-state index is 11.2. The molecule has 0 bridgehead atoms. The minimum Gasteiger partial charge on any atom is -0.465 e. The molecule has 0 fully saturated rings. The van der Waals surface area contributed by atoms with Crippen LogP contribution in [0, 0.1) is 21.4 Å². The third-order valence-corrected chi connectivity index (χ3v) is 2.21. The van der Waals surface area contributed by atoms with E-state index in [1.54, 1.807) is 6.07 Å². The first-order chi connectivity index (χ1) is 7.52. The van der Waals surface area contributed by atoms with Crippen LogP contribution in [-0.2, 0) is 4.74 Å². The molecule has 0 radical (unpaired) electrons. The summed E-state index contributed by atoms with van der Waals surface area (Å²) >= 11 is 5.67. The lowest BCUT2D eigenvalue weighted by Crippen LogP contribution is -2.05. The summed E-state index contributed by atoms with van der Waals surface area (Å²) in [4.78, 5) is 21.1. The van der Waals surface area contributed by atoms with Crippen molar-refractivity contribution in [3.63, 3.8) is 0 Å². The molecule has 0 atom stereocenters. The Balaban J connectivity index is 3.51.